The number of β-amino-alcohol motifs (C(OH)–C–C–N with tert-alkyl or cyclic N) is 1. The average Bonchev–Trinajstić information content (AvgIpc) is 3.59. The number of aliphatic hydroxyl groups excluding tert-OH is 1. The number of piperidine rings is 1. The third-order valence-electron chi connectivity index (χ3n) is 10.5. The van der Waals surface area contributed by atoms with Gasteiger partial charge in [0.2, 0.25) is 23.6 Å². The van der Waals surface area contributed by atoms with Crippen molar-refractivity contribution in [3.63, 3.8) is 0 Å². The van der Waals surface area contributed by atoms with E-state index in [0.29, 0.717) is 37.9 Å². The van der Waals surface area contributed by atoms with Gasteiger partial charge in [-0.2, -0.15) is 0 Å². The number of amides is 5. The van der Waals surface area contributed by atoms with Crippen LogP contribution in [0, 0.1) is 12.8 Å². The molecule has 394 valence electrons. The van der Waals surface area contributed by atoms with Crippen molar-refractivity contribution in [2.45, 2.75) is 197 Å². The summed E-state index contributed by atoms with van der Waals surface area (Å²) in [4.78, 5) is 67.2. The maximum Gasteiger partial charge on any atom is 0.410 e. The molecule has 3 N–H and O–H groups in total. The van der Waals surface area contributed by atoms with Crippen LogP contribution in [0.5, 0.6) is 5.75 Å². The zero-order valence-electron chi connectivity index (χ0n) is 43.3. The molecule has 3 aliphatic rings. The van der Waals surface area contributed by atoms with Gasteiger partial charge in [0.25, 0.3) is 0 Å². The number of likely N-dealkylation sites (tertiary alicyclic amines) is 2. The summed E-state index contributed by atoms with van der Waals surface area (Å²) >= 11 is 0. The van der Waals surface area contributed by atoms with Gasteiger partial charge >= 0.3 is 6.09 Å². The van der Waals surface area contributed by atoms with Crippen LogP contribution in [0.3, 0.4) is 0 Å². The number of aliphatic hydroxyl groups is 1. The number of ether oxygens (including phenoxy) is 5. The van der Waals surface area contributed by atoms with E-state index in [-0.39, 0.29) is 118 Å². The van der Waals surface area contributed by atoms with Crippen molar-refractivity contribution < 1.29 is 57.9 Å². The molecule has 18 nitrogen and oxygen atoms in total. The van der Waals surface area contributed by atoms with E-state index in [1.54, 1.807) is 22.9 Å². The number of carbonyl (C=O) groups is 5. The van der Waals surface area contributed by atoms with Crippen LogP contribution >= 0.6 is 0 Å². The molecule has 5 amide bonds. The normalized spacial score (nSPS) is 17.5. The molecule has 1 aromatic rings. The quantitative estimate of drug-likeness (QED) is 0.186. The Morgan fingerprint density at radius 2 is 1.22 bits per heavy atom. The zero-order valence-corrected chi connectivity index (χ0v) is 43.3. The highest BCUT2D eigenvalue weighted by Crippen LogP contribution is 2.19. The number of aromatic nitrogens is 1. The Balaban J connectivity index is 0.000000888. The molecule has 0 aromatic carbocycles. The van der Waals surface area contributed by atoms with Gasteiger partial charge in [0.05, 0.1) is 42.8 Å². The van der Waals surface area contributed by atoms with Crippen molar-refractivity contribution >= 4 is 29.7 Å². The second kappa shape index (κ2) is 33.4. The largest absolute Gasteiger partial charge is 0.871 e. The fourth-order valence-electron chi connectivity index (χ4n) is 6.66. The number of pyridine rings is 1. The summed E-state index contributed by atoms with van der Waals surface area (Å²) in [6.45, 7) is 27.4. The molecule has 2 saturated heterocycles. The molecule has 0 unspecified atom stereocenters. The number of hydrogen-bond acceptors (Lipinski definition) is 13. The summed E-state index contributed by atoms with van der Waals surface area (Å²) in [7, 11) is 1.63. The summed E-state index contributed by atoms with van der Waals surface area (Å²) in [5.41, 5.74) is 0.676. The third-order valence-corrected chi connectivity index (χ3v) is 10.5. The fourth-order valence-corrected chi connectivity index (χ4v) is 6.66. The molecular weight excluding hydrogens is 877 g/mol. The smallest absolute Gasteiger partial charge is 0.410 e. The van der Waals surface area contributed by atoms with Gasteiger partial charge in [0, 0.05) is 56.9 Å². The molecule has 2 atom stereocenters. The van der Waals surface area contributed by atoms with Crippen molar-refractivity contribution in [3.05, 3.63) is 23.5 Å². The predicted octanol–water partition coefficient (Wildman–Crippen LogP) is 5.52. The fraction of sp³-hybridized carbons (Fsp3) is 0.800. The van der Waals surface area contributed by atoms with Gasteiger partial charge in [-0.1, -0.05) is 45.4 Å². The molecule has 68 heavy (non-hydrogen) atoms. The van der Waals surface area contributed by atoms with Crippen LogP contribution in [-0.2, 0) is 49.4 Å². The summed E-state index contributed by atoms with van der Waals surface area (Å²) in [5.74, 6) is -0.221. The standard InChI is InChI=1S/C15H28N2O4.C13H20N2O3.C11H21NO2.C10H19NO3.CH4/c1-11(2)20-10-13(18)16-12-6-8-17(9-7-12)14(19)21-15(3,4)5;1-9(2)18-8-13(17)15(4)7-11-12(16)6-5-10(3)14-11;1-9(2)14-8-11(13)12-10-6-4-3-5-7-10;1-7(2)14-6-10(13)11-4-8(3)9(12)5-11;/h11-12H,6-10H2,1-5H3,(H,16,18);5-6,9,16H,7-8H2,1-4H3;9-10H,3-8H2,1-2H3,(H,12,13);7-9,12H,4-6H2,1-3H3;1H4/p-1/t;;;8-,9-;/m...0./s1. The topological polar surface area (TPSA) is 221 Å². The minimum atomic E-state index is -0.476. The lowest BCUT2D eigenvalue weighted by Crippen LogP contribution is -2.48. The van der Waals surface area contributed by atoms with E-state index in [4.69, 9.17) is 23.7 Å². The number of nitrogens with one attached hydrogen (secondary N) is 2. The highest BCUT2D eigenvalue weighted by atomic mass is 16.6. The molecule has 18 heteroatoms. The first-order valence-electron chi connectivity index (χ1n) is 24.1. The Hall–Kier alpha value is -4.10. The van der Waals surface area contributed by atoms with Crippen LogP contribution in [-0.4, -0.2) is 162 Å². The van der Waals surface area contributed by atoms with E-state index in [2.05, 4.69) is 15.6 Å². The average molecular weight is 968 g/mol. The van der Waals surface area contributed by atoms with Crippen molar-refractivity contribution in [1.82, 2.24) is 30.3 Å². The molecule has 0 bridgehead atoms. The summed E-state index contributed by atoms with van der Waals surface area (Å²) in [5, 5.41) is 27.0. The second-order valence-corrected chi connectivity index (χ2v) is 19.6. The predicted molar refractivity (Wildman–Crippen MR) is 262 cm³/mol. The first kappa shape index (κ1) is 63.9. The minimum Gasteiger partial charge on any atom is -0.871 e. The van der Waals surface area contributed by atoms with Gasteiger partial charge in [-0.3, -0.25) is 24.2 Å². The number of rotatable bonds is 16. The van der Waals surface area contributed by atoms with Crippen LogP contribution in [0.4, 0.5) is 4.79 Å². The zero-order chi connectivity index (χ0) is 50.9. The Morgan fingerprint density at radius 1 is 0.750 bits per heavy atom. The molecule has 4 rings (SSSR count). The van der Waals surface area contributed by atoms with E-state index < -0.39 is 5.60 Å². The third kappa shape index (κ3) is 29.7. The molecule has 1 aromatic heterocycles. The summed E-state index contributed by atoms with van der Waals surface area (Å²) in [6.07, 6.45) is 7.16. The monoisotopic (exact) mass is 968 g/mol. The van der Waals surface area contributed by atoms with Crippen LogP contribution < -0.4 is 15.7 Å². The maximum atomic E-state index is 11.9. The van der Waals surface area contributed by atoms with Crippen molar-refractivity contribution in [2.24, 2.45) is 5.92 Å². The molecule has 0 radical (unpaired) electrons. The van der Waals surface area contributed by atoms with Crippen molar-refractivity contribution in [2.75, 3.05) is 59.7 Å². The number of aryl methyl sites for hydroxylation is 1. The van der Waals surface area contributed by atoms with E-state index >= 15 is 0 Å². The molecule has 3 fully saturated rings. The molecule has 1 saturated carbocycles. The Bertz CT molecular complexity index is 1600. The van der Waals surface area contributed by atoms with E-state index in [1.807, 2.05) is 90.0 Å². The molecule has 0 spiro atoms. The van der Waals surface area contributed by atoms with E-state index in [1.165, 1.54) is 30.2 Å². The van der Waals surface area contributed by atoms with Gasteiger partial charge < -0.3 is 59.2 Å². The second-order valence-electron chi connectivity index (χ2n) is 19.6. The van der Waals surface area contributed by atoms with Crippen molar-refractivity contribution in [3.8, 4) is 5.75 Å². The molecular formula is C50H91N6O12-. The van der Waals surface area contributed by atoms with Gasteiger partial charge in [-0.15, -0.1) is 0 Å². The number of nitrogens with zero attached hydrogens (tertiary/aromatic N) is 4. The number of likely N-dealkylation sites (N-methyl/N-ethyl adjacent to an activating group) is 1. The van der Waals surface area contributed by atoms with Crippen LogP contribution in [0.25, 0.3) is 0 Å². The molecule has 3 heterocycles. The number of hydrogen-bond donors (Lipinski definition) is 3. The lowest BCUT2D eigenvalue weighted by Gasteiger charge is -2.33. The highest BCUT2D eigenvalue weighted by Gasteiger charge is 2.31. The van der Waals surface area contributed by atoms with Crippen molar-refractivity contribution in [1.29, 1.82) is 0 Å². The lowest BCUT2D eigenvalue weighted by molar-refractivity contribution is -0.270. The first-order chi connectivity index (χ1) is 31.3. The van der Waals surface area contributed by atoms with Gasteiger partial charge in [0.1, 0.15) is 32.0 Å². The van der Waals surface area contributed by atoms with Crippen LogP contribution in [0.2, 0.25) is 0 Å². The van der Waals surface area contributed by atoms with Crippen LogP contribution in [0.15, 0.2) is 12.1 Å². The van der Waals surface area contributed by atoms with E-state index in [9.17, 15) is 34.2 Å². The van der Waals surface area contributed by atoms with Gasteiger partial charge in [-0.25, -0.2) is 4.79 Å². The highest BCUT2D eigenvalue weighted by molar-refractivity contribution is 5.78. The molecule has 2 aliphatic heterocycles. The van der Waals surface area contributed by atoms with Gasteiger partial charge in [-0.05, 0) is 115 Å². The summed E-state index contributed by atoms with van der Waals surface area (Å²) in [6, 6.07) is 3.63. The molecule has 1 aliphatic carbocycles. The Kier molecular flexibility index (Phi) is 31.4. The van der Waals surface area contributed by atoms with Crippen LogP contribution in [0.1, 0.15) is 147 Å². The lowest BCUT2D eigenvalue weighted by atomic mass is 9.95. The Labute approximate surface area is 408 Å². The SMILES string of the molecule is C.CC(C)OCC(=O)N1C[C@H](C)[C@@H](O)C1.CC(C)OCC(=O)NC1CCCCC1.CC(C)OCC(=O)NC1CCN(C(=O)OC(C)(C)C)CC1.Cc1ccc([O-])c(CN(C)C(=O)COC(C)C)n1. The number of carbonyl (C=O) groups excluding carboxylic acids is 5. The van der Waals surface area contributed by atoms with Gasteiger partial charge in [0.15, 0.2) is 0 Å². The van der Waals surface area contributed by atoms with E-state index in [0.717, 1.165) is 31.4 Å². The minimum absolute atomic E-state index is 0. The summed E-state index contributed by atoms with van der Waals surface area (Å²) < 4.78 is 26.3. The maximum absolute atomic E-state index is 11.9. The Morgan fingerprint density at radius 3 is 1.68 bits per heavy atom. The first-order valence-corrected chi connectivity index (χ1v) is 24.1.